The van der Waals surface area contributed by atoms with Crippen LogP contribution in [0.3, 0.4) is 0 Å². The highest BCUT2D eigenvalue weighted by Gasteiger charge is 2.30. The molecule has 30 heavy (non-hydrogen) atoms. The zero-order valence-corrected chi connectivity index (χ0v) is 18.0. The topological polar surface area (TPSA) is 83.5 Å². The molecule has 0 saturated carbocycles. The molecule has 0 unspecified atom stereocenters. The molecule has 0 N–H and O–H groups in total. The molecule has 0 spiro atoms. The maximum atomic E-state index is 12.7. The second kappa shape index (κ2) is 9.03. The molecule has 3 heterocycles. The molecule has 1 amide bonds. The number of amides is 1. The molecule has 1 aliphatic heterocycles. The molecule has 3 aromatic rings. The Balaban J connectivity index is 1.32. The Kier molecular flexibility index (Phi) is 6.21. The Morgan fingerprint density at radius 2 is 1.70 bits per heavy atom. The number of aromatic nitrogens is 2. The predicted molar refractivity (Wildman–Crippen MR) is 115 cm³/mol. The Labute approximate surface area is 180 Å². The van der Waals surface area contributed by atoms with E-state index in [9.17, 15) is 13.2 Å². The fourth-order valence-corrected chi connectivity index (χ4v) is 5.61. The highest BCUT2D eigenvalue weighted by Crippen LogP contribution is 2.18. The van der Waals surface area contributed by atoms with E-state index in [4.69, 9.17) is 0 Å². The number of piperazine rings is 1. The number of carbonyl (C=O) groups is 1. The van der Waals surface area contributed by atoms with E-state index in [0.717, 1.165) is 16.4 Å². The second-order valence-electron chi connectivity index (χ2n) is 7.01. The number of hydrogen-bond acceptors (Lipinski definition) is 6. The van der Waals surface area contributed by atoms with Gasteiger partial charge in [0.15, 0.2) is 0 Å². The molecule has 4 rings (SSSR count). The van der Waals surface area contributed by atoms with Crippen molar-refractivity contribution in [3.8, 4) is 0 Å². The summed E-state index contributed by atoms with van der Waals surface area (Å²) >= 11 is 1.53. The third kappa shape index (κ3) is 4.75. The molecule has 1 fully saturated rings. The van der Waals surface area contributed by atoms with Crippen LogP contribution < -0.4 is 0 Å². The summed E-state index contributed by atoms with van der Waals surface area (Å²) in [4.78, 5) is 23.5. The third-order valence-corrected chi connectivity index (χ3v) is 7.77. The highest BCUT2D eigenvalue weighted by atomic mass is 32.2. The zero-order chi connectivity index (χ0) is 21.0. The molecule has 7 nitrogen and oxygen atoms in total. The van der Waals surface area contributed by atoms with E-state index in [-0.39, 0.29) is 17.2 Å². The first-order valence-electron chi connectivity index (χ1n) is 9.68. The molecule has 1 saturated heterocycles. The number of rotatable bonds is 6. The summed E-state index contributed by atoms with van der Waals surface area (Å²) in [5, 5.41) is 2.84. The van der Waals surface area contributed by atoms with Crippen molar-refractivity contribution in [2.24, 2.45) is 0 Å². The van der Waals surface area contributed by atoms with Gasteiger partial charge in [-0.1, -0.05) is 24.3 Å². The molecule has 0 atom stereocenters. The van der Waals surface area contributed by atoms with Crippen molar-refractivity contribution in [1.29, 1.82) is 0 Å². The van der Waals surface area contributed by atoms with Crippen molar-refractivity contribution in [2.45, 2.75) is 17.7 Å². The smallest absolute Gasteiger partial charge is 0.243 e. The van der Waals surface area contributed by atoms with E-state index in [1.54, 1.807) is 41.4 Å². The molecule has 1 aromatic carbocycles. The minimum atomic E-state index is -3.52. The number of hydrogen-bond donors (Lipinski definition) is 0. The summed E-state index contributed by atoms with van der Waals surface area (Å²) in [5.41, 5.74) is 1.69. The average Bonchev–Trinajstić information content (AvgIpc) is 3.21. The largest absolute Gasteiger partial charge is 0.340 e. The van der Waals surface area contributed by atoms with Gasteiger partial charge in [-0.2, -0.15) is 4.31 Å². The predicted octanol–water partition coefficient (Wildman–Crippen LogP) is 2.20. The fraction of sp³-hybridized carbons (Fsp3) is 0.286. The molecule has 0 aliphatic carbocycles. The van der Waals surface area contributed by atoms with Crippen molar-refractivity contribution < 1.29 is 13.2 Å². The summed E-state index contributed by atoms with van der Waals surface area (Å²) in [7, 11) is -3.52. The number of benzene rings is 1. The quantitative estimate of drug-likeness (QED) is 0.584. The van der Waals surface area contributed by atoms with Gasteiger partial charge in [0, 0.05) is 49.9 Å². The fourth-order valence-electron chi connectivity index (χ4n) is 3.36. The van der Waals surface area contributed by atoms with Crippen LogP contribution in [0.4, 0.5) is 0 Å². The SMILES string of the molecule is O=C(Cc1csc(Cc2ccccn2)n1)N1CCN(S(=O)(=O)c2ccccc2)CC1. The summed E-state index contributed by atoms with van der Waals surface area (Å²) in [5.74, 6) is -0.0264. The number of nitrogens with zero attached hydrogens (tertiary/aromatic N) is 4. The van der Waals surface area contributed by atoms with E-state index < -0.39 is 10.0 Å². The normalized spacial score (nSPS) is 15.3. The maximum Gasteiger partial charge on any atom is 0.243 e. The van der Waals surface area contributed by atoms with Gasteiger partial charge in [0.1, 0.15) is 0 Å². The van der Waals surface area contributed by atoms with Gasteiger partial charge >= 0.3 is 0 Å². The van der Waals surface area contributed by atoms with E-state index in [2.05, 4.69) is 9.97 Å². The maximum absolute atomic E-state index is 12.7. The van der Waals surface area contributed by atoms with E-state index >= 15 is 0 Å². The van der Waals surface area contributed by atoms with Crippen LogP contribution in [0.1, 0.15) is 16.4 Å². The third-order valence-electron chi connectivity index (χ3n) is 4.96. The lowest BCUT2D eigenvalue weighted by molar-refractivity contribution is -0.131. The Morgan fingerprint density at radius 3 is 2.40 bits per heavy atom. The van der Waals surface area contributed by atoms with Gasteiger partial charge in [-0.05, 0) is 24.3 Å². The first-order valence-corrected chi connectivity index (χ1v) is 12.0. The minimum absolute atomic E-state index is 0.0264. The monoisotopic (exact) mass is 442 g/mol. The van der Waals surface area contributed by atoms with Gasteiger partial charge in [0.2, 0.25) is 15.9 Å². The highest BCUT2D eigenvalue weighted by molar-refractivity contribution is 7.89. The van der Waals surface area contributed by atoms with Crippen LogP contribution in [-0.2, 0) is 27.7 Å². The molecule has 0 bridgehead atoms. The number of sulfonamides is 1. The first-order chi connectivity index (χ1) is 14.5. The van der Waals surface area contributed by atoms with Crippen molar-refractivity contribution in [3.63, 3.8) is 0 Å². The molecule has 156 valence electrons. The van der Waals surface area contributed by atoms with Gasteiger partial charge in [-0.3, -0.25) is 9.78 Å². The van der Waals surface area contributed by atoms with Crippen LogP contribution in [-0.4, -0.2) is 59.7 Å². The zero-order valence-electron chi connectivity index (χ0n) is 16.3. The van der Waals surface area contributed by atoms with Crippen LogP contribution in [0.15, 0.2) is 65.0 Å². The minimum Gasteiger partial charge on any atom is -0.340 e. The van der Waals surface area contributed by atoms with Crippen LogP contribution in [0.2, 0.25) is 0 Å². The van der Waals surface area contributed by atoms with Gasteiger partial charge < -0.3 is 4.90 Å². The van der Waals surface area contributed by atoms with Crippen molar-refractivity contribution >= 4 is 27.3 Å². The Morgan fingerprint density at radius 1 is 0.967 bits per heavy atom. The van der Waals surface area contributed by atoms with E-state index in [0.29, 0.717) is 32.6 Å². The average molecular weight is 443 g/mol. The van der Waals surface area contributed by atoms with Crippen molar-refractivity contribution in [1.82, 2.24) is 19.2 Å². The van der Waals surface area contributed by atoms with Crippen LogP contribution in [0.25, 0.3) is 0 Å². The van der Waals surface area contributed by atoms with Gasteiger partial charge in [0.25, 0.3) is 0 Å². The van der Waals surface area contributed by atoms with Gasteiger partial charge in [-0.25, -0.2) is 13.4 Å². The molecular weight excluding hydrogens is 420 g/mol. The lowest BCUT2D eigenvalue weighted by atomic mass is 10.2. The molecule has 2 aromatic heterocycles. The van der Waals surface area contributed by atoms with Crippen molar-refractivity contribution in [3.05, 3.63) is 76.5 Å². The summed E-state index contributed by atoms with van der Waals surface area (Å²) in [6, 6.07) is 14.2. The first kappa shape index (κ1) is 20.6. The van der Waals surface area contributed by atoms with Crippen LogP contribution in [0, 0.1) is 0 Å². The Bertz CT molecular complexity index is 1090. The van der Waals surface area contributed by atoms with Crippen molar-refractivity contribution in [2.75, 3.05) is 26.2 Å². The summed E-state index contributed by atoms with van der Waals surface area (Å²) in [6.07, 6.45) is 2.63. The number of carbonyl (C=O) groups excluding carboxylic acids is 1. The van der Waals surface area contributed by atoms with Crippen LogP contribution >= 0.6 is 11.3 Å². The molecule has 1 aliphatic rings. The number of thiazole rings is 1. The van der Waals surface area contributed by atoms with Gasteiger partial charge in [0.05, 0.1) is 22.0 Å². The van der Waals surface area contributed by atoms with E-state index in [1.165, 1.54) is 15.6 Å². The summed E-state index contributed by atoms with van der Waals surface area (Å²) < 4.78 is 26.9. The number of pyridine rings is 1. The molecule has 9 heteroatoms. The second-order valence-corrected chi connectivity index (χ2v) is 9.89. The molecular formula is C21H22N4O3S2. The lowest BCUT2D eigenvalue weighted by Gasteiger charge is -2.34. The molecule has 0 radical (unpaired) electrons. The standard InChI is InChI=1S/C21H22N4O3S2/c26-21(15-18-16-29-20(23-18)14-17-6-4-5-9-22-17)24-10-12-25(13-11-24)30(27,28)19-7-2-1-3-8-19/h1-9,16H,10-15H2. The van der Waals surface area contributed by atoms with E-state index in [1.807, 2.05) is 23.6 Å². The summed E-state index contributed by atoms with van der Waals surface area (Å²) in [6.45, 7) is 1.36. The van der Waals surface area contributed by atoms with Crippen LogP contribution in [0.5, 0.6) is 0 Å². The van der Waals surface area contributed by atoms with Gasteiger partial charge in [-0.15, -0.1) is 11.3 Å². The Hall–Kier alpha value is -2.62. The lowest BCUT2D eigenvalue weighted by Crippen LogP contribution is -2.50.